The smallest absolute Gasteiger partial charge is 0.490 e. The second-order valence-corrected chi connectivity index (χ2v) is 10.3. The van der Waals surface area contributed by atoms with Crippen molar-refractivity contribution in [3.05, 3.63) is 84.1 Å². The quantitative estimate of drug-likeness (QED) is 0.211. The van der Waals surface area contributed by atoms with Crippen molar-refractivity contribution in [2.24, 2.45) is 0 Å². The van der Waals surface area contributed by atoms with E-state index in [0.29, 0.717) is 43.9 Å². The Kier molecular flexibility index (Phi) is 8.63. The van der Waals surface area contributed by atoms with Gasteiger partial charge in [-0.15, -0.1) is 0 Å². The minimum absolute atomic E-state index is 0.0124. The summed E-state index contributed by atoms with van der Waals surface area (Å²) in [6.07, 6.45) is -2.50. The molecule has 0 bridgehead atoms. The first-order valence-electron chi connectivity index (χ1n) is 11.4. The molecule has 5 rings (SSSR count). The molecule has 0 radical (unpaired) electrons. The van der Waals surface area contributed by atoms with E-state index in [4.69, 9.17) is 26.2 Å². The number of aliphatic carboxylic acids is 1. The van der Waals surface area contributed by atoms with Crippen molar-refractivity contribution in [2.45, 2.75) is 11.1 Å². The third-order valence-corrected chi connectivity index (χ3v) is 7.19. The molecule has 0 spiro atoms. The lowest BCUT2D eigenvalue weighted by Crippen LogP contribution is -2.21. The Morgan fingerprint density at radius 1 is 1.05 bits per heavy atom. The zero-order valence-corrected chi connectivity index (χ0v) is 22.6. The van der Waals surface area contributed by atoms with E-state index in [9.17, 15) is 26.0 Å². The molecule has 218 valence electrons. The fourth-order valence-electron chi connectivity index (χ4n) is 3.72. The van der Waals surface area contributed by atoms with Gasteiger partial charge >= 0.3 is 12.1 Å². The molecule has 5 aromatic rings. The number of carbonyl (C=O) groups is 1. The Balaban J connectivity index is 0.000000517. The first-order chi connectivity index (χ1) is 19.8. The molecule has 0 aliphatic rings. The second-order valence-electron chi connectivity index (χ2n) is 8.25. The monoisotopic (exact) mass is 624 g/mol. The van der Waals surface area contributed by atoms with Crippen LogP contribution in [-0.2, 0) is 14.8 Å². The second kappa shape index (κ2) is 12.0. The fraction of sp³-hybridized carbons (Fsp3) is 0.0769. The minimum Gasteiger partial charge on any atom is -0.496 e. The zero-order chi connectivity index (χ0) is 30.7. The van der Waals surface area contributed by atoms with Gasteiger partial charge in [-0.05, 0) is 58.6 Å². The maximum Gasteiger partial charge on any atom is 0.490 e. The highest BCUT2D eigenvalue weighted by Gasteiger charge is 2.38. The number of carboxylic acids is 1. The highest BCUT2D eigenvalue weighted by atomic mass is 35.5. The van der Waals surface area contributed by atoms with E-state index in [0.717, 1.165) is 6.39 Å². The molecule has 10 nitrogen and oxygen atoms in total. The van der Waals surface area contributed by atoms with Crippen LogP contribution in [0.3, 0.4) is 0 Å². The molecule has 16 heteroatoms. The lowest BCUT2D eigenvalue weighted by atomic mass is 9.98. The molecule has 0 unspecified atom stereocenters. The molecule has 3 aromatic carbocycles. The molecule has 2 heterocycles. The van der Waals surface area contributed by atoms with Gasteiger partial charge in [0.05, 0.1) is 17.7 Å². The molecule has 42 heavy (non-hydrogen) atoms. The maximum absolute atomic E-state index is 13.8. The number of halogens is 5. The Bertz CT molecular complexity index is 1870. The molecule has 0 saturated carbocycles. The van der Waals surface area contributed by atoms with Crippen LogP contribution in [0.25, 0.3) is 33.2 Å². The highest BCUT2D eigenvalue weighted by molar-refractivity contribution is 7.92. The number of nitrogens with one attached hydrogen (secondary N) is 1. The normalized spacial score (nSPS) is 11.5. The maximum atomic E-state index is 13.8. The Morgan fingerprint density at radius 3 is 2.40 bits per heavy atom. The number of alkyl halides is 3. The number of fused-ring (bicyclic) bond motifs is 1. The number of benzene rings is 3. The largest absolute Gasteiger partial charge is 0.496 e. The number of hydrogen-bond acceptors (Lipinski definition) is 8. The summed E-state index contributed by atoms with van der Waals surface area (Å²) in [6, 6.07) is 15.8. The Hall–Kier alpha value is -4.76. The summed E-state index contributed by atoms with van der Waals surface area (Å²) in [5, 5.41) is 12.3. The van der Waals surface area contributed by atoms with E-state index < -0.39 is 22.2 Å². The fourth-order valence-corrected chi connectivity index (χ4v) is 4.97. The van der Waals surface area contributed by atoms with Gasteiger partial charge in [0.2, 0.25) is 6.39 Å². The molecule has 0 aliphatic heterocycles. The molecule has 0 aliphatic carbocycles. The summed E-state index contributed by atoms with van der Waals surface area (Å²) in [5.41, 5.74) is 2.36. The number of anilines is 1. The van der Waals surface area contributed by atoms with E-state index in [-0.39, 0.29) is 16.7 Å². The van der Waals surface area contributed by atoms with Gasteiger partial charge in [0.25, 0.3) is 16.0 Å². The van der Waals surface area contributed by atoms with Gasteiger partial charge < -0.3 is 14.4 Å². The topological polar surface area (TPSA) is 145 Å². The summed E-state index contributed by atoms with van der Waals surface area (Å²) in [5.74, 6) is -2.83. The average molecular weight is 625 g/mol. The highest BCUT2D eigenvalue weighted by Crippen LogP contribution is 2.41. The molecule has 0 fully saturated rings. The molecule has 0 atom stereocenters. The first kappa shape index (κ1) is 30.2. The zero-order valence-electron chi connectivity index (χ0n) is 21.1. The molecule has 0 amide bonds. The van der Waals surface area contributed by atoms with Crippen LogP contribution in [0.15, 0.2) is 82.7 Å². The van der Waals surface area contributed by atoms with Crippen LogP contribution in [0.2, 0.25) is 5.02 Å². The number of methoxy groups -OCH3 is 1. The lowest BCUT2D eigenvalue weighted by molar-refractivity contribution is -0.192. The molecule has 0 saturated heterocycles. The average Bonchev–Trinajstić information content (AvgIpc) is 3.44. The number of pyridine rings is 1. The summed E-state index contributed by atoms with van der Waals surface area (Å²) in [4.78, 5) is 17.1. The summed E-state index contributed by atoms with van der Waals surface area (Å²) >= 11 is 6.59. The molecule has 2 aromatic heterocycles. The van der Waals surface area contributed by atoms with Crippen molar-refractivity contribution in [1.29, 1.82) is 0 Å². The van der Waals surface area contributed by atoms with Crippen LogP contribution in [0.1, 0.15) is 0 Å². The summed E-state index contributed by atoms with van der Waals surface area (Å²) < 4.78 is 83.4. The van der Waals surface area contributed by atoms with Gasteiger partial charge in [-0.25, -0.2) is 22.3 Å². The van der Waals surface area contributed by atoms with E-state index in [1.807, 2.05) is 0 Å². The summed E-state index contributed by atoms with van der Waals surface area (Å²) in [7, 11) is -2.43. The van der Waals surface area contributed by atoms with Crippen molar-refractivity contribution >= 4 is 44.3 Å². The number of nitrogens with zero attached hydrogens (tertiary/aromatic N) is 3. The summed E-state index contributed by atoms with van der Waals surface area (Å²) in [6.45, 7) is 0. The van der Waals surface area contributed by atoms with E-state index in [1.54, 1.807) is 42.6 Å². The molecular weight excluding hydrogens is 608 g/mol. The van der Waals surface area contributed by atoms with Crippen LogP contribution < -0.4 is 9.46 Å². The van der Waals surface area contributed by atoms with Gasteiger partial charge in [-0.1, -0.05) is 29.8 Å². The number of carboxylic acid groups (broad SMARTS) is 1. The van der Waals surface area contributed by atoms with Gasteiger partial charge in [0.15, 0.2) is 0 Å². The molecule has 2 N–H and O–H groups in total. The third-order valence-electron chi connectivity index (χ3n) is 5.56. The first-order valence-corrected chi connectivity index (χ1v) is 13.3. The van der Waals surface area contributed by atoms with Crippen LogP contribution in [0.5, 0.6) is 5.75 Å². The number of ether oxygens (including phenoxy) is 1. The minimum atomic E-state index is -5.08. The SMILES string of the molecule is COc1cc(-c2cccc(F)c2)c(Cl)cc1-c1nccc2cc(S(=O)(=O)Nc3ncon3)ccc12.O=C(O)C(F)(F)F. The van der Waals surface area contributed by atoms with Gasteiger partial charge in [-0.2, -0.15) is 18.2 Å². The predicted octanol–water partition coefficient (Wildman–Crippen LogP) is 6.19. The van der Waals surface area contributed by atoms with Gasteiger partial charge in [-0.3, -0.25) is 4.98 Å². The van der Waals surface area contributed by atoms with E-state index >= 15 is 0 Å². The third kappa shape index (κ3) is 6.75. The van der Waals surface area contributed by atoms with Crippen molar-refractivity contribution in [3.63, 3.8) is 0 Å². The van der Waals surface area contributed by atoms with Crippen molar-refractivity contribution in [1.82, 2.24) is 15.1 Å². The Labute approximate surface area is 239 Å². The number of hydrogen-bond donors (Lipinski definition) is 2. The Morgan fingerprint density at radius 2 is 1.79 bits per heavy atom. The molecular formula is C26H17ClF4N4O6S. The van der Waals surface area contributed by atoms with Crippen molar-refractivity contribution < 1.29 is 45.1 Å². The standard InChI is InChI=1S/C24H16ClFN4O4S.C2HF3O2/c1-33-22-12-19(14-3-2-4-16(26)9-14)21(25)11-20(22)23-18-6-5-17(10-15(18)7-8-27-23)35(31,32)30-24-28-13-34-29-24;3-2(4,5)1(6)7/h2-13H,1H3,(H,29,30);(H,6,7). The predicted molar refractivity (Wildman–Crippen MR) is 143 cm³/mol. The van der Waals surface area contributed by atoms with Crippen LogP contribution >= 0.6 is 11.6 Å². The van der Waals surface area contributed by atoms with Crippen molar-refractivity contribution in [3.8, 4) is 28.1 Å². The van der Waals surface area contributed by atoms with E-state index in [1.165, 1.54) is 31.4 Å². The van der Waals surface area contributed by atoms with Crippen LogP contribution in [-0.4, -0.2) is 47.9 Å². The number of aromatic nitrogens is 3. The van der Waals surface area contributed by atoms with Gasteiger partial charge in [0, 0.05) is 27.7 Å². The van der Waals surface area contributed by atoms with Crippen LogP contribution in [0, 0.1) is 5.82 Å². The van der Waals surface area contributed by atoms with E-state index in [2.05, 4.69) is 24.4 Å². The number of sulfonamides is 1. The number of rotatable bonds is 6. The van der Waals surface area contributed by atoms with Crippen LogP contribution in [0.4, 0.5) is 23.5 Å². The lowest BCUT2D eigenvalue weighted by Gasteiger charge is -2.15. The van der Waals surface area contributed by atoms with Gasteiger partial charge in [0.1, 0.15) is 11.6 Å². The van der Waals surface area contributed by atoms with Crippen molar-refractivity contribution in [2.75, 3.05) is 11.8 Å².